The third-order valence-corrected chi connectivity index (χ3v) is 7.90. The van der Waals surface area contributed by atoms with Crippen LogP contribution in [0.1, 0.15) is 124 Å². The fourth-order valence-corrected chi connectivity index (χ4v) is 5.59. The summed E-state index contributed by atoms with van der Waals surface area (Å²) in [5.41, 5.74) is 1.24. The topological polar surface area (TPSA) is 62.3 Å². The van der Waals surface area contributed by atoms with E-state index in [0.29, 0.717) is 24.9 Å². The van der Waals surface area contributed by atoms with E-state index in [-0.39, 0.29) is 12.7 Å². The Morgan fingerprint density at radius 1 is 1.00 bits per heavy atom. The summed E-state index contributed by atoms with van der Waals surface area (Å²) in [6.45, 7) is 20.9. The highest BCUT2D eigenvalue weighted by molar-refractivity contribution is 5.76. The molecule has 0 bridgehead atoms. The third-order valence-electron chi connectivity index (χ3n) is 7.90. The molecule has 0 spiro atoms. The van der Waals surface area contributed by atoms with Crippen molar-refractivity contribution in [1.29, 1.82) is 0 Å². The molecule has 3 heterocycles. The summed E-state index contributed by atoms with van der Waals surface area (Å²) in [5, 5.41) is 0. The van der Waals surface area contributed by atoms with Gasteiger partial charge in [0.15, 0.2) is 11.5 Å². The molecule has 0 radical (unpaired) electrons. The van der Waals surface area contributed by atoms with E-state index in [2.05, 4.69) is 63.6 Å². The normalized spacial score (nSPS) is 19.3. The molecule has 3 aliphatic heterocycles. The fourth-order valence-electron chi connectivity index (χ4n) is 5.59. The predicted octanol–water partition coefficient (Wildman–Crippen LogP) is 7.77. The number of fused-ring (bicyclic) bond motifs is 1. The smallest absolute Gasteiger partial charge is 0.231 e. The third kappa shape index (κ3) is 15.4. The van der Waals surface area contributed by atoms with Crippen LogP contribution in [0.2, 0.25) is 0 Å². The van der Waals surface area contributed by atoms with Crippen LogP contribution in [-0.2, 0) is 9.59 Å². The summed E-state index contributed by atoms with van der Waals surface area (Å²) < 4.78 is 10.9. The molecule has 7 heteroatoms. The number of carbonyl (C=O) groups excluding carboxylic acids is 2. The molecule has 0 saturated carbocycles. The van der Waals surface area contributed by atoms with E-state index in [1.54, 1.807) is 0 Å². The average Bonchev–Trinajstić information content (AvgIpc) is 3.64. The van der Waals surface area contributed by atoms with E-state index < -0.39 is 0 Å². The van der Waals surface area contributed by atoms with Gasteiger partial charge < -0.3 is 24.1 Å². The Balaban J connectivity index is 0.000000456. The van der Waals surface area contributed by atoms with Gasteiger partial charge in [-0.05, 0) is 88.2 Å². The van der Waals surface area contributed by atoms with Crippen LogP contribution < -0.4 is 9.47 Å². The van der Waals surface area contributed by atoms with Gasteiger partial charge in [0.25, 0.3) is 0 Å². The van der Waals surface area contributed by atoms with Gasteiger partial charge in [0.05, 0.1) is 6.54 Å². The molecular weight excluding hydrogens is 538 g/mol. The van der Waals surface area contributed by atoms with Crippen LogP contribution in [0, 0.1) is 5.92 Å². The molecule has 2 fully saturated rings. The summed E-state index contributed by atoms with van der Waals surface area (Å²) in [4.78, 5) is 29.8. The quantitative estimate of drug-likeness (QED) is 0.170. The molecule has 0 aromatic heterocycles. The Kier molecular flexibility index (Phi) is 21.1. The van der Waals surface area contributed by atoms with Crippen molar-refractivity contribution in [3.05, 3.63) is 23.8 Å². The highest BCUT2D eigenvalue weighted by Gasteiger charge is 2.34. The maximum atomic E-state index is 12.0. The summed E-state index contributed by atoms with van der Waals surface area (Å²) in [6.07, 6.45) is 12.5. The molecule has 0 N–H and O–H groups in total. The molecule has 2 atom stereocenters. The molecule has 2 saturated heterocycles. The van der Waals surface area contributed by atoms with Crippen molar-refractivity contribution in [3.63, 3.8) is 0 Å². The zero-order valence-electron chi connectivity index (χ0n) is 29.0. The van der Waals surface area contributed by atoms with E-state index in [4.69, 9.17) is 9.47 Å². The summed E-state index contributed by atoms with van der Waals surface area (Å²) in [7, 11) is 2.23. The number of benzene rings is 1. The molecule has 2 unspecified atom stereocenters. The SMILES string of the molecule is CC.CC(C)C.CCCCCN(C)CCCC.O=CCN1CC(c2ccc3c(c2)OCO3)CC1CCN1CCCCC1=O. The largest absolute Gasteiger partial charge is 0.454 e. The van der Waals surface area contributed by atoms with Crippen LogP contribution >= 0.6 is 0 Å². The number of likely N-dealkylation sites (tertiary alicyclic amines) is 2. The van der Waals surface area contributed by atoms with Crippen LogP contribution in [-0.4, -0.2) is 86.0 Å². The zero-order chi connectivity index (χ0) is 32.0. The first-order valence-corrected chi connectivity index (χ1v) is 17.3. The number of hydrogen-bond acceptors (Lipinski definition) is 6. The predicted molar refractivity (Wildman–Crippen MR) is 180 cm³/mol. The Morgan fingerprint density at radius 3 is 2.33 bits per heavy atom. The number of ether oxygens (including phenoxy) is 2. The Labute approximate surface area is 264 Å². The molecule has 1 aromatic rings. The van der Waals surface area contributed by atoms with E-state index in [9.17, 15) is 9.59 Å². The van der Waals surface area contributed by atoms with Crippen molar-refractivity contribution in [2.75, 3.05) is 53.1 Å². The maximum absolute atomic E-state index is 12.0. The molecular formula is C36H65N3O4. The minimum atomic E-state index is 0.281. The number of carbonyl (C=O) groups is 2. The first kappa shape index (κ1) is 38.9. The van der Waals surface area contributed by atoms with Crippen LogP contribution in [0.15, 0.2) is 18.2 Å². The van der Waals surface area contributed by atoms with Gasteiger partial charge in [-0.1, -0.05) is 73.8 Å². The lowest BCUT2D eigenvalue weighted by Gasteiger charge is -2.29. The number of unbranched alkanes of at least 4 members (excludes halogenated alkanes) is 3. The minimum absolute atomic E-state index is 0.281. The monoisotopic (exact) mass is 603 g/mol. The molecule has 3 aliphatic rings. The van der Waals surface area contributed by atoms with E-state index in [1.807, 2.05) is 24.8 Å². The standard InChI is InChI=1S/C20H26N2O4.C10H23N.C4H10.C2H6/c23-10-9-22-13-16(15-4-5-18-19(12-15)26-14-25-18)11-17(22)6-8-21-7-2-1-3-20(21)24;1-4-6-8-10-11(3)9-7-5-2;1-4(2)3;1-2/h4-5,10,12,16-17H,1-3,6-9,11,13-14H2;4-10H2,1-3H3;4H,1-3H3;1-2H3. The van der Waals surface area contributed by atoms with Crippen LogP contribution in [0.25, 0.3) is 0 Å². The second-order valence-corrected chi connectivity index (χ2v) is 12.5. The van der Waals surface area contributed by atoms with Gasteiger partial charge in [0, 0.05) is 32.1 Å². The Hall–Kier alpha value is -2.12. The molecule has 1 amide bonds. The summed E-state index contributed by atoms with van der Waals surface area (Å²) >= 11 is 0. The molecule has 248 valence electrons. The lowest BCUT2D eigenvalue weighted by molar-refractivity contribution is -0.133. The number of amides is 1. The highest BCUT2D eigenvalue weighted by Crippen LogP contribution is 2.39. The lowest BCUT2D eigenvalue weighted by atomic mass is 9.95. The van der Waals surface area contributed by atoms with Crippen molar-refractivity contribution in [2.24, 2.45) is 5.92 Å². The number of rotatable bonds is 13. The molecule has 7 nitrogen and oxygen atoms in total. The minimum Gasteiger partial charge on any atom is -0.454 e. The maximum Gasteiger partial charge on any atom is 0.231 e. The van der Waals surface area contributed by atoms with E-state index in [1.165, 1.54) is 50.8 Å². The number of piperidine rings is 1. The van der Waals surface area contributed by atoms with E-state index >= 15 is 0 Å². The zero-order valence-corrected chi connectivity index (χ0v) is 29.0. The van der Waals surface area contributed by atoms with Crippen molar-refractivity contribution in [3.8, 4) is 11.5 Å². The summed E-state index contributed by atoms with van der Waals surface area (Å²) in [6, 6.07) is 6.49. The molecule has 4 rings (SSSR count). The van der Waals surface area contributed by atoms with Gasteiger partial charge in [-0.25, -0.2) is 0 Å². The Bertz CT molecular complexity index is 875. The molecule has 0 aliphatic carbocycles. The average molecular weight is 604 g/mol. The van der Waals surface area contributed by atoms with Crippen LogP contribution in [0.5, 0.6) is 11.5 Å². The molecule has 1 aromatic carbocycles. The Morgan fingerprint density at radius 2 is 1.67 bits per heavy atom. The van der Waals surface area contributed by atoms with Crippen molar-refractivity contribution in [1.82, 2.24) is 14.7 Å². The number of hydrogen-bond donors (Lipinski definition) is 0. The van der Waals surface area contributed by atoms with Crippen molar-refractivity contribution in [2.45, 2.75) is 125 Å². The van der Waals surface area contributed by atoms with Crippen LogP contribution in [0.3, 0.4) is 0 Å². The van der Waals surface area contributed by atoms with Gasteiger partial charge >= 0.3 is 0 Å². The molecule has 43 heavy (non-hydrogen) atoms. The first-order valence-electron chi connectivity index (χ1n) is 17.3. The summed E-state index contributed by atoms with van der Waals surface area (Å²) in [5.74, 6) is 3.11. The van der Waals surface area contributed by atoms with Gasteiger partial charge in [-0.15, -0.1) is 0 Å². The second kappa shape index (κ2) is 23.3. The fraction of sp³-hybridized carbons (Fsp3) is 0.778. The highest BCUT2D eigenvalue weighted by atomic mass is 16.7. The van der Waals surface area contributed by atoms with E-state index in [0.717, 1.165) is 69.0 Å². The number of aldehydes is 1. The van der Waals surface area contributed by atoms with Gasteiger partial charge in [-0.3, -0.25) is 9.69 Å². The van der Waals surface area contributed by atoms with Crippen molar-refractivity contribution < 1.29 is 19.1 Å². The van der Waals surface area contributed by atoms with Crippen molar-refractivity contribution >= 4 is 12.2 Å². The lowest BCUT2D eigenvalue weighted by Crippen LogP contribution is -2.39. The van der Waals surface area contributed by atoms with Gasteiger partial charge in [0.2, 0.25) is 12.7 Å². The van der Waals surface area contributed by atoms with Crippen LogP contribution in [0.4, 0.5) is 0 Å². The van der Waals surface area contributed by atoms with Gasteiger partial charge in [0.1, 0.15) is 6.29 Å². The second-order valence-electron chi connectivity index (χ2n) is 12.5. The van der Waals surface area contributed by atoms with Gasteiger partial charge in [-0.2, -0.15) is 0 Å². The first-order chi connectivity index (χ1) is 20.8. The number of nitrogens with zero attached hydrogens (tertiary/aromatic N) is 3.